The molecule has 26 heavy (non-hydrogen) atoms. The second-order valence-electron chi connectivity index (χ2n) is 6.57. The van der Waals surface area contributed by atoms with Gasteiger partial charge in [-0.2, -0.15) is 10.2 Å². The third-order valence-corrected chi connectivity index (χ3v) is 4.40. The maximum absolute atomic E-state index is 13.2. The smallest absolute Gasteiger partial charge is 0.248 e. The lowest BCUT2D eigenvalue weighted by molar-refractivity contribution is -0.142. The number of rotatable bonds is 5. The van der Waals surface area contributed by atoms with Crippen molar-refractivity contribution in [2.75, 3.05) is 13.6 Å². The molecule has 1 aliphatic heterocycles. The zero-order chi connectivity index (χ0) is 18.8. The molecule has 140 valence electrons. The summed E-state index contributed by atoms with van der Waals surface area (Å²) in [4.78, 5) is 28.0. The zero-order valence-electron chi connectivity index (χ0n) is 14.8. The second-order valence-corrected chi connectivity index (χ2v) is 6.57. The molecule has 0 bridgehead atoms. The molecule has 3 heterocycles. The van der Waals surface area contributed by atoms with Gasteiger partial charge in [0.25, 0.3) is 0 Å². The van der Waals surface area contributed by atoms with Gasteiger partial charge >= 0.3 is 0 Å². The van der Waals surface area contributed by atoms with Crippen LogP contribution in [0.25, 0.3) is 5.82 Å². The van der Waals surface area contributed by atoms with Crippen molar-refractivity contribution < 1.29 is 14.7 Å². The van der Waals surface area contributed by atoms with Crippen molar-refractivity contribution in [3.05, 3.63) is 18.6 Å². The Morgan fingerprint density at radius 1 is 1.31 bits per heavy atom. The van der Waals surface area contributed by atoms with Gasteiger partial charge in [-0.3, -0.25) is 9.59 Å². The second kappa shape index (κ2) is 7.20. The van der Waals surface area contributed by atoms with Crippen molar-refractivity contribution in [1.82, 2.24) is 40.2 Å². The van der Waals surface area contributed by atoms with E-state index in [-0.39, 0.29) is 30.7 Å². The van der Waals surface area contributed by atoms with Crippen LogP contribution in [0.1, 0.15) is 26.3 Å². The lowest BCUT2D eigenvalue weighted by Gasteiger charge is -2.29. The van der Waals surface area contributed by atoms with Gasteiger partial charge in [-0.25, -0.2) is 4.68 Å². The minimum absolute atomic E-state index is 0.106. The first-order chi connectivity index (χ1) is 12.4. The maximum atomic E-state index is 13.2. The highest BCUT2D eigenvalue weighted by Crippen LogP contribution is 2.26. The maximum Gasteiger partial charge on any atom is 0.248 e. The number of likely N-dealkylation sites (tertiary alicyclic amines) is 1. The minimum Gasteiger partial charge on any atom is -0.391 e. The van der Waals surface area contributed by atoms with E-state index in [1.807, 2.05) is 13.8 Å². The number of nitrogens with one attached hydrogen (secondary N) is 1. The lowest BCUT2D eigenvalue weighted by atomic mass is 10.0. The minimum atomic E-state index is -0.728. The van der Waals surface area contributed by atoms with Crippen LogP contribution in [0, 0.1) is 5.92 Å². The standard InChI is InChI=1S/C15H22N8O3/c1-9(2)13(22-8-12(19-20-22)23-17-4-5-18-23)15(26)21-7-10(24)6-11(21)14(25)16-3/h4-5,8-11,13,24H,6-7H2,1-3H3,(H,16,25)/t10-,11+,13?/m1/s1. The van der Waals surface area contributed by atoms with E-state index in [1.165, 1.54) is 33.8 Å². The Hall–Kier alpha value is -2.82. The number of hydrogen-bond acceptors (Lipinski definition) is 7. The fourth-order valence-corrected chi connectivity index (χ4v) is 3.18. The van der Waals surface area contributed by atoms with Crippen molar-refractivity contribution in [3.8, 4) is 5.82 Å². The Bertz CT molecular complexity index is 772. The van der Waals surface area contributed by atoms with Gasteiger partial charge in [-0.1, -0.05) is 19.1 Å². The molecule has 1 unspecified atom stereocenters. The Morgan fingerprint density at radius 3 is 2.62 bits per heavy atom. The molecule has 0 aromatic carbocycles. The Balaban J connectivity index is 1.88. The number of hydrogen-bond donors (Lipinski definition) is 2. The monoisotopic (exact) mass is 362 g/mol. The number of carbonyl (C=O) groups is 2. The molecule has 2 N–H and O–H groups in total. The Labute approximate surface area is 150 Å². The van der Waals surface area contributed by atoms with Crippen LogP contribution >= 0.6 is 0 Å². The molecule has 0 aliphatic carbocycles. The fourth-order valence-electron chi connectivity index (χ4n) is 3.18. The van der Waals surface area contributed by atoms with Crippen LogP contribution in [0.5, 0.6) is 0 Å². The highest BCUT2D eigenvalue weighted by molar-refractivity contribution is 5.89. The molecule has 0 radical (unpaired) electrons. The summed E-state index contributed by atoms with van der Waals surface area (Å²) in [5.41, 5.74) is 0. The largest absolute Gasteiger partial charge is 0.391 e. The number of carbonyl (C=O) groups excluding carboxylic acids is 2. The third kappa shape index (κ3) is 3.29. The molecule has 11 heteroatoms. The quantitative estimate of drug-likeness (QED) is 0.680. The predicted molar refractivity (Wildman–Crippen MR) is 89.0 cm³/mol. The van der Waals surface area contributed by atoms with Crippen LogP contribution in [0.15, 0.2) is 18.6 Å². The average molecular weight is 362 g/mol. The fraction of sp³-hybridized carbons (Fsp3) is 0.600. The van der Waals surface area contributed by atoms with Gasteiger partial charge in [0, 0.05) is 20.0 Å². The summed E-state index contributed by atoms with van der Waals surface area (Å²) in [6.07, 6.45) is 4.11. The van der Waals surface area contributed by atoms with Crippen molar-refractivity contribution in [3.63, 3.8) is 0 Å². The van der Waals surface area contributed by atoms with Crippen molar-refractivity contribution in [2.45, 2.75) is 38.5 Å². The molecule has 3 rings (SSSR count). The molecule has 3 atom stereocenters. The van der Waals surface area contributed by atoms with Gasteiger partial charge < -0.3 is 15.3 Å². The molecular formula is C15H22N8O3. The van der Waals surface area contributed by atoms with Gasteiger partial charge in [-0.05, 0) is 5.92 Å². The van der Waals surface area contributed by atoms with Gasteiger partial charge in [-0.15, -0.1) is 9.90 Å². The van der Waals surface area contributed by atoms with E-state index in [4.69, 9.17) is 0 Å². The summed E-state index contributed by atoms with van der Waals surface area (Å²) in [6, 6.07) is -1.36. The van der Waals surface area contributed by atoms with E-state index >= 15 is 0 Å². The summed E-state index contributed by atoms with van der Waals surface area (Å²) in [7, 11) is 1.51. The first-order valence-corrected chi connectivity index (χ1v) is 8.41. The number of aliphatic hydroxyl groups excluding tert-OH is 1. The number of aliphatic hydroxyl groups is 1. The first-order valence-electron chi connectivity index (χ1n) is 8.41. The summed E-state index contributed by atoms with van der Waals surface area (Å²) >= 11 is 0. The van der Waals surface area contributed by atoms with Crippen LogP contribution in [0.4, 0.5) is 0 Å². The predicted octanol–water partition coefficient (Wildman–Crippen LogP) is -1.24. The number of nitrogens with zero attached hydrogens (tertiary/aromatic N) is 7. The normalized spacial score (nSPS) is 21.2. The summed E-state index contributed by atoms with van der Waals surface area (Å²) < 4.78 is 1.46. The SMILES string of the molecule is CNC(=O)[C@@H]1C[C@@H](O)CN1C(=O)C(C(C)C)n1cc(-n2nccn2)nn1. The molecule has 1 aliphatic rings. The molecular weight excluding hydrogens is 340 g/mol. The van der Waals surface area contributed by atoms with Crippen molar-refractivity contribution >= 4 is 11.8 Å². The number of β-amino-alcohol motifs (C(OH)–C–C–N with tert-alkyl or cyclic N) is 1. The van der Waals surface area contributed by atoms with Gasteiger partial charge in [0.2, 0.25) is 17.6 Å². The zero-order valence-corrected chi connectivity index (χ0v) is 14.8. The molecule has 11 nitrogen and oxygen atoms in total. The molecule has 2 amide bonds. The summed E-state index contributed by atoms with van der Waals surface area (Å²) in [6.45, 7) is 3.89. The molecule has 1 saturated heterocycles. The van der Waals surface area contributed by atoms with E-state index in [2.05, 4.69) is 25.8 Å². The van der Waals surface area contributed by atoms with Crippen molar-refractivity contribution in [2.24, 2.45) is 5.92 Å². The molecule has 2 aromatic heterocycles. The van der Waals surface area contributed by atoms with Gasteiger partial charge in [0.1, 0.15) is 12.1 Å². The van der Waals surface area contributed by atoms with Crippen LogP contribution in [-0.4, -0.2) is 77.5 Å². The number of amides is 2. The highest BCUT2D eigenvalue weighted by atomic mass is 16.3. The molecule has 0 spiro atoms. The van der Waals surface area contributed by atoms with E-state index in [1.54, 1.807) is 6.20 Å². The Kier molecular flexibility index (Phi) is 4.98. The van der Waals surface area contributed by atoms with Gasteiger partial charge in [0.05, 0.1) is 24.7 Å². The van der Waals surface area contributed by atoms with Gasteiger partial charge in [0.15, 0.2) is 0 Å². The number of likely N-dealkylation sites (N-methyl/N-ethyl adjacent to an activating group) is 1. The van der Waals surface area contributed by atoms with Crippen LogP contribution in [-0.2, 0) is 9.59 Å². The van der Waals surface area contributed by atoms with Crippen molar-refractivity contribution in [1.29, 1.82) is 0 Å². The number of aromatic nitrogens is 6. The third-order valence-electron chi connectivity index (χ3n) is 4.40. The van der Waals surface area contributed by atoms with E-state index in [0.29, 0.717) is 5.82 Å². The topological polar surface area (TPSA) is 131 Å². The molecule has 0 saturated carbocycles. The van der Waals surface area contributed by atoms with Crippen LogP contribution < -0.4 is 5.32 Å². The van der Waals surface area contributed by atoms with E-state index < -0.39 is 18.2 Å². The molecule has 2 aromatic rings. The summed E-state index contributed by atoms with van der Waals surface area (Å²) in [5, 5.41) is 28.5. The van der Waals surface area contributed by atoms with E-state index in [9.17, 15) is 14.7 Å². The van der Waals surface area contributed by atoms with E-state index in [0.717, 1.165) is 0 Å². The van der Waals surface area contributed by atoms with Crippen LogP contribution in [0.2, 0.25) is 0 Å². The highest BCUT2D eigenvalue weighted by Gasteiger charge is 2.42. The molecule has 1 fully saturated rings. The first kappa shape index (κ1) is 18.0. The lowest BCUT2D eigenvalue weighted by Crippen LogP contribution is -2.48. The Morgan fingerprint density at radius 2 is 2.00 bits per heavy atom. The van der Waals surface area contributed by atoms with Crippen LogP contribution in [0.3, 0.4) is 0 Å². The summed E-state index contributed by atoms with van der Waals surface area (Å²) in [5.74, 6) is -0.295. The average Bonchev–Trinajstić information content (AvgIpc) is 3.33.